The molecule has 9 heteroatoms. The Balaban J connectivity index is 1.19. The number of carbonyl (C=O) groups excluding carboxylic acids is 1. The van der Waals surface area contributed by atoms with Crippen molar-refractivity contribution in [2.75, 3.05) is 27.4 Å². The molecule has 0 amide bonds. The molecule has 0 aromatic heterocycles. The quantitative estimate of drug-likeness (QED) is 0.303. The van der Waals surface area contributed by atoms with E-state index < -0.39 is 6.10 Å². The molecule has 2 saturated heterocycles. The average molecular weight is 647 g/mol. The second-order valence-corrected chi connectivity index (χ2v) is 17.0. The highest BCUT2D eigenvalue weighted by Gasteiger charge is 2.65. The summed E-state index contributed by atoms with van der Waals surface area (Å²) >= 11 is 0. The van der Waals surface area contributed by atoms with Gasteiger partial charge in [0.2, 0.25) is 0 Å². The van der Waals surface area contributed by atoms with E-state index in [4.69, 9.17) is 24.7 Å². The number of aliphatic hydroxyl groups is 2. The Bertz CT molecular complexity index is 1050. The molecule has 7 aliphatic rings. The lowest BCUT2D eigenvalue weighted by atomic mass is 9.45. The Morgan fingerprint density at radius 2 is 1.70 bits per heavy atom. The highest BCUT2D eigenvalue weighted by Crippen LogP contribution is 2.68. The number of carbonyl (C=O) groups is 1. The fourth-order valence-electron chi connectivity index (χ4n) is 12.9. The summed E-state index contributed by atoms with van der Waals surface area (Å²) < 4.78 is 25.2. The number of nitrogens with one attached hydrogen (secondary N) is 1. The molecular weight excluding hydrogens is 584 g/mol. The van der Waals surface area contributed by atoms with Gasteiger partial charge in [-0.05, 0) is 149 Å². The van der Waals surface area contributed by atoms with E-state index in [2.05, 4.69) is 5.32 Å². The Hall–Kier alpha value is -0.810. The first-order valence-electron chi connectivity index (χ1n) is 18.9. The van der Waals surface area contributed by atoms with Gasteiger partial charge in [0, 0.05) is 27.1 Å². The smallest absolute Gasteiger partial charge is 0.302 e. The number of hydrogen-bond donors (Lipinski definition) is 4. The molecule has 7 fully saturated rings. The van der Waals surface area contributed by atoms with Crippen molar-refractivity contribution in [2.24, 2.45) is 64.4 Å². The van der Waals surface area contributed by atoms with Crippen molar-refractivity contribution < 1.29 is 34.0 Å². The number of esters is 1. The van der Waals surface area contributed by atoms with Crippen LogP contribution < -0.4 is 11.1 Å². The van der Waals surface area contributed by atoms with Crippen molar-refractivity contribution in [1.29, 1.82) is 0 Å². The maximum atomic E-state index is 12.1. The Morgan fingerprint density at radius 1 is 0.891 bits per heavy atom. The number of methoxy groups -OCH3 is 2. The minimum absolute atomic E-state index is 0.00847. The van der Waals surface area contributed by atoms with Gasteiger partial charge in [-0.2, -0.15) is 0 Å². The predicted octanol–water partition coefficient (Wildman–Crippen LogP) is 4.02. The third kappa shape index (κ3) is 6.33. The normalized spacial score (nSPS) is 52.1. The highest BCUT2D eigenvalue weighted by molar-refractivity contribution is 5.65. The Kier molecular flexibility index (Phi) is 10.1. The van der Waals surface area contributed by atoms with E-state index in [0.29, 0.717) is 42.1 Å². The predicted molar refractivity (Wildman–Crippen MR) is 173 cm³/mol. The molecule has 46 heavy (non-hydrogen) atoms. The molecule has 5 aliphatic carbocycles. The van der Waals surface area contributed by atoms with Crippen LogP contribution in [-0.4, -0.2) is 86.3 Å². The van der Waals surface area contributed by atoms with Crippen LogP contribution in [0, 0.1) is 58.7 Å². The van der Waals surface area contributed by atoms with Crippen LogP contribution in [0.5, 0.6) is 0 Å². The molecule has 0 radical (unpaired) electrons. The summed E-state index contributed by atoms with van der Waals surface area (Å²) in [7, 11) is 3.55. The fraction of sp³-hybridized carbons (Fsp3) is 0.973. The molecule has 5 N–H and O–H groups in total. The number of piperidine rings is 1. The molecule has 1 spiro atoms. The molecule has 13 unspecified atom stereocenters. The largest absolute Gasteiger partial charge is 0.465 e. The molecule has 0 aromatic carbocycles. The minimum Gasteiger partial charge on any atom is -0.465 e. The monoisotopic (exact) mass is 646 g/mol. The van der Waals surface area contributed by atoms with Crippen molar-refractivity contribution in [3.05, 3.63) is 0 Å². The topological polar surface area (TPSA) is 132 Å². The molecule has 17 atom stereocenters. The summed E-state index contributed by atoms with van der Waals surface area (Å²) in [5.74, 6) is 3.97. The summed E-state index contributed by atoms with van der Waals surface area (Å²) in [4.78, 5) is 12.1. The number of nitrogens with two attached hydrogens (primary N) is 1. The first-order valence-corrected chi connectivity index (χ1v) is 18.9. The number of fused-ring (bicyclic) bond motifs is 6. The first-order chi connectivity index (χ1) is 22.2. The molecular formula is C37H62N2O7. The average Bonchev–Trinajstić information content (AvgIpc) is 3.61. The number of hydrogen-bond acceptors (Lipinski definition) is 9. The number of ether oxygens (including phenoxy) is 4. The number of rotatable bonds is 7. The maximum absolute atomic E-state index is 12.1. The summed E-state index contributed by atoms with van der Waals surface area (Å²) in [6.45, 7) is 2.97. The van der Waals surface area contributed by atoms with Crippen molar-refractivity contribution in [3.8, 4) is 0 Å². The molecule has 262 valence electrons. The van der Waals surface area contributed by atoms with Crippen LogP contribution in [0.3, 0.4) is 0 Å². The van der Waals surface area contributed by atoms with Gasteiger partial charge in [-0.15, -0.1) is 0 Å². The zero-order valence-corrected chi connectivity index (χ0v) is 28.6. The van der Waals surface area contributed by atoms with Crippen molar-refractivity contribution >= 4 is 5.97 Å². The van der Waals surface area contributed by atoms with Gasteiger partial charge < -0.3 is 40.2 Å². The van der Waals surface area contributed by atoms with E-state index in [0.717, 1.165) is 63.8 Å². The molecule has 0 aromatic rings. The Morgan fingerprint density at radius 3 is 2.43 bits per heavy atom. The van der Waals surface area contributed by atoms with E-state index in [1.54, 1.807) is 7.11 Å². The van der Waals surface area contributed by atoms with Crippen molar-refractivity contribution in [1.82, 2.24) is 5.32 Å². The third-order valence-electron chi connectivity index (χ3n) is 14.6. The summed E-state index contributed by atoms with van der Waals surface area (Å²) in [6.07, 6.45) is 14.4. The molecule has 2 heterocycles. The SMILES string of the molecule is COC1CC([C@H]2OC3C(CCC4C5C(CC(O)CC5OC)C[C@@]5(CC[C@@H](CC6CCC(N)NC6)C5)C43)[C@H]2COC(C)=O)CCC1O. The van der Waals surface area contributed by atoms with Crippen LogP contribution >= 0.6 is 0 Å². The van der Waals surface area contributed by atoms with Gasteiger partial charge in [-0.25, -0.2) is 0 Å². The van der Waals surface area contributed by atoms with Gasteiger partial charge in [0.1, 0.15) is 0 Å². The first kappa shape index (κ1) is 33.7. The van der Waals surface area contributed by atoms with E-state index in [1.807, 2.05) is 7.11 Å². The van der Waals surface area contributed by atoms with Gasteiger partial charge >= 0.3 is 5.97 Å². The summed E-state index contributed by atoms with van der Waals surface area (Å²) in [5.41, 5.74) is 6.38. The lowest BCUT2D eigenvalue weighted by Gasteiger charge is -2.61. The lowest BCUT2D eigenvalue weighted by Crippen LogP contribution is -2.59. The van der Waals surface area contributed by atoms with Crippen LogP contribution in [0.15, 0.2) is 0 Å². The second kappa shape index (κ2) is 13.8. The van der Waals surface area contributed by atoms with Crippen LogP contribution in [0.1, 0.15) is 96.8 Å². The maximum Gasteiger partial charge on any atom is 0.302 e. The second-order valence-electron chi connectivity index (χ2n) is 17.0. The van der Waals surface area contributed by atoms with Crippen LogP contribution in [0.25, 0.3) is 0 Å². The van der Waals surface area contributed by atoms with E-state index in [1.165, 1.54) is 45.4 Å². The molecule has 5 saturated carbocycles. The molecule has 0 bridgehead atoms. The van der Waals surface area contributed by atoms with E-state index in [-0.39, 0.29) is 59.9 Å². The Labute approximate surface area is 276 Å². The molecule has 2 aliphatic heterocycles. The third-order valence-corrected chi connectivity index (χ3v) is 14.6. The van der Waals surface area contributed by atoms with Crippen molar-refractivity contribution in [3.63, 3.8) is 0 Å². The van der Waals surface area contributed by atoms with Crippen LogP contribution in [-0.2, 0) is 23.7 Å². The van der Waals surface area contributed by atoms with E-state index in [9.17, 15) is 15.0 Å². The molecule has 9 nitrogen and oxygen atoms in total. The minimum atomic E-state index is -0.432. The van der Waals surface area contributed by atoms with Gasteiger partial charge in [0.25, 0.3) is 0 Å². The zero-order chi connectivity index (χ0) is 32.2. The van der Waals surface area contributed by atoms with E-state index >= 15 is 0 Å². The van der Waals surface area contributed by atoms with Gasteiger partial charge in [0.05, 0.1) is 49.4 Å². The van der Waals surface area contributed by atoms with Gasteiger partial charge in [-0.3, -0.25) is 4.79 Å². The van der Waals surface area contributed by atoms with Crippen LogP contribution in [0.4, 0.5) is 0 Å². The fourth-order valence-corrected chi connectivity index (χ4v) is 12.9. The standard InChI is InChI=1S/C37H62N2O7/c1-20(40)45-19-28-26-6-7-27-33-24(13-25(41)15-31(33)44-3)17-37(11-10-21(16-37)12-22-4-9-32(38)39-18-22)34(27)36(26)46-35(28)23-5-8-29(42)30(14-23)43-2/h21-36,39,41-42H,4-19,38H2,1-3H3/t21-,22?,23?,24?,25?,26?,27?,28+,29?,30?,31?,32?,33?,34?,35+,36?,37-/m0/s1. The van der Waals surface area contributed by atoms with Gasteiger partial charge in [-0.1, -0.05) is 0 Å². The summed E-state index contributed by atoms with van der Waals surface area (Å²) in [6, 6.07) is 0. The highest BCUT2D eigenvalue weighted by atomic mass is 16.5. The zero-order valence-electron chi connectivity index (χ0n) is 28.6. The van der Waals surface area contributed by atoms with Crippen molar-refractivity contribution in [2.45, 2.75) is 140 Å². The van der Waals surface area contributed by atoms with Gasteiger partial charge in [0.15, 0.2) is 0 Å². The van der Waals surface area contributed by atoms with Crippen LogP contribution in [0.2, 0.25) is 0 Å². The summed E-state index contributed by atoms with van der Waals surface area (Å²) in [5, 5.41) is 25.2. The lowest BCUT2D eigenvalue weighted by molar-refractivity contribution is -0.191. The number of aliphatic hydroxyl groups excluding tert-OH is 2. The molecule has 7 rings (SSSR count).